The molecule has 9 heteroatoms. The number of carboxylic acid groups (broad SMARTS) is 1. The summed E-state index contributed by atoms with van der Waals surface area (Å²) in [7, 11) is -3.70. The Bertz CT molecular complexity index is 1360. The Morgan fingerprint density at radius 3 is 2.26 bits per heavy atom. The summed E-state index contributed by atoms with van der Waals surface area (Å²) in [6.45, 7) is 12.0. The van der Waals surface area contributed by atoms with E-state index in [0.29, 0.717) is 29.9 Å². The second-order valence-corrected chi connectivity index (χ2v) is 14.2. The molecule has 39 heavy (non-hydrogen) atoms. The smallest absolute Gasteiger partial charge is 0.306 e. The average molecular weight is 558 g/mol. The summed E-state index contributed by atoms with van der Waals surface area (Å²) >= 11 is 0. The molecule has 0 saturated heterocycles. The number of sulfonamides is 1. The zero-order chi connectivity index (χ0) is 28.7. The fourth-order valence-corrected chi connectivity index (χ4v) is 7.70. The third kappa shape index (κ3) is 6.40. The van der Waals surface area contributed by atoms with Crippen molar-refractivity contribution in [1.82, 2.24) is 14.6 Å². The van der Waals surface area contributed by atoms with Crippen molar-refractivity contribution in [3.05, 3.63) is 40.6 Å². The lowest BCUT2D eigenvalue weighted by Crippen LogP contribution is -2.46. The summed E-state index contributed by atoms with van der Waals surface area (Å²) < 4.78 is 31.3. The summed E-state index contributed by atoms with van der Waals surface area (Å²) in [5.74, 6) is -0.866. The molecular weight excluding hydrogens is 514 g/mol. The lowest BCUT2D eigenvalue weighted by Gasteiger charge is -2.32. The SMILES string of the molecule is Cc1c(-c2cc(C(=O)N[C@H]3C[C@H](C(=O)O)C3)c(C)n2CC2CCCCC2)ccc(S(=O)(=O)NC(C)(C)C)c1C. The van der Waals surface area contributed by atoms with Gasteiger partial charge < -0.3 is 15.0 Å². The van der Waals surface area contributed by atoms with Crippen LogP contribution in [-0.2, 0) is 21.4 Å². The van der Waals surface area contributed by atoms with Crippen LogP contribution in [0, 0.1) is 32.6 Å². The molecule has 2 saturated carbocycles. The van der Waals surface area contributed by atoms with Crippen molar-refractivity contribution in [3.63, 3.8) is 0 Å². The second-order valence-electron chi connectivity index (χ2n) is 12.5. The fourth-order valence-electron chi connectivity index (χ4n) is 5.98. The molecule has 2 aromatic rings. The maximum atomic E-state index is 13.3. The Kier molecular flexibility index (Phi) is 8.34. The van der Waals surface area contributed by atoms with E-state index in [1.54, 1.807) is 6.07 Å². The van der Waals surface area contributed by atoms with Gasteiger partial charge in [-0.2, -0.15) is 0 Å². The highest BCUT2D eigenvalue weighted by molar-refractivity contribution is 7.89. The van der Waals surface area contributed by atoms with Gasteiger partial charge in [-0.15, -0.1) is 0 Å². The average Bonchev–Trinajstić information content (AvgIpc) is 3.12. The monoisotopic (exact) mass is 557 g/mol. The van der Waals surface area contributed by atoms with E-state index in [1.165, 1.54) is 19.3 Å². The molecule has 214 valence electrons. The Labute approximate surface area is 232 Å². The van der Waals surface area contributed by atoms with Gasteiger partial charge in [-0.25, -0.2) is 13.1 Å². The second kappa shape index (κ2) is 11.1. The molecule has 0 bridgehead atoms. The standard InChI is InChI=1S/C30H43N3O5S/c1-18-19(2)27(39(37,38)32-30(4,5)6)13-12-24(18)26-16-25(28(34)31-23-14-22(15-23)29(35)36)20(3)33(26)17-21-10-8-7-9-11-21/h12-13,16,21-23,32H,7-11,14-15,17H2,1-6H3,(H,31,34)(H,35,36)/t22-,23-. The lowest BCUT2D eigenvalue weighted by molar-refractivity contribution is -0.145. The molecule has 1 heterocycles. The lowest BCUT2D eigenvalue weighted by atomic mass is 9.80. The van der Waals surface area contributed by atoms with E-state index in [2.05, 4.69) is 14.6 Å². The highest BCUT2D eigenvalue weighted by Crippen LogP contribution is 2.36. The van der Waals surface area contributed by atoms with Gasteiger partial charge in [0.1, 0.15) is 0 Å². The molecule has 1 amide bonds. The number of carbonyl (C=O) groups is 2. The van der Waals surface area contributed by atoms with Gasteiger partial charge in [0.25, 0.3) is 5.91 Å². The molecule has 2 aliphatic rings. The zero-order valence-corrected chi connectivity index (χ0v) is 24.9. The van der Waals surface area contributed by atoms with E-state index >= 15 is 0 Å². The summed E-state index contributed by atoms with van der Waals surface area (Å²) in [6, 6.07) is 5.31. The van der Waals surface area contributed by atoms with Crippen molar-refractivity contribution in [2.45, 2.75) is 110 Å². The predicted octanol–water partition coefficient (Wildman–Crippen LogP) is 5.33. The largest absolute Gasteiger partial charge is 0.481 e. The van der Waals surface area contributed by atoms with Crippen LogP contribution in [0.5, 0.6) is 0 Å². The first kappa shape index (κ1) is 29.3. The van der Waals surface area contributed by atoms with E-state index < -0.39 is 27.4 Å². The number of carbonyl (C=O) groups excluding carboxylic acids is 1. The number of carboxylic acids is 1. The van der Waals surface area contributed by atoms with Gasteiger partial charge in [0, 0.05) is 35.1 Å². The predicted molar refractivity (Wildman–Crippen MR) is 152 cm³/mol. The molecule has 0 radical (unpaired) electrons. The minimum atomic E-state index is -3.70. The first-order valence-electron chi connectivity index (χ1n) is 14.1. The van der Waals surface area contributed by atoms with Crippen molar-refractivity contribution in [2.24, 2.45) is 11.8 Å². The molecular formula is C30H43N3O5S. The quantitative estimate of drug-likeness (QED) is 0.406. The van der Waals surface area contributed by atoms with E-state index in [4.69, 9.17) is 0 Å². The Hall–Kier alpha value is -2.65. The minimum absolute atomic E-state index is 0.132. The fraction of sp³-hybridized carbons (Fsp3) is 0.600. The van der Waals surface area contributed by atoms with Gasteiger partial charge in [0.05, 0.1) is 16.4 Å². The Morgan fingerprint density at radius 1 is 1.03 bits per heavy atom. The molecule has 8 nitrogen and oxygen atoms in total. The summed E-state index contributed by atoms with van der Waals surface area (Å²) in [5, 5.41) is 12.2. The molecule has 0 atom stereocenters. The number of nitrogens with zero attached hydrogens (tertiary/aromatic N) is 1. The first-order valence-corrected chi connectivity index (χ1v) is 15.5. The van der Waals surface area contributed by atoms with Gasteiger partial charge in [0.2, 0.25) is 10.0 Å². The third-order valence-electron chi connectivity index (χ3n) is 8.34. The Morgan fingerprint density at radius 2 is 1.67 bits per heavy atom. The van der Waals surface area contributed by atoms with Crippen molar-refractivity contribution in [2.75, 3.05) is 0 Å². The van der Waals surface area contributed by atoms with Crippen molar-refractivity contribution < 1.29 is 23.1 Å². The molecule has 0 unspecified atom stereocenters. The van der Waals surface area contributed by atoms with Gasteiger partial charge in [-0.1, -0.05) is 25.3 Å². The van der Waals surface area contributed by atoms with Crippen LogP contribution in [0.25, 0.3) is 11.3 Å². The van der Waals surface area contributed by atoms with E-state index in [0.717, 1.165) is 41.9 Å². The maximum Gasteiger partial charge on any atom is 0.306 e. The topological polar surface area (TPSA) is 118 Å². The highest BCUT2D eigenvalue weighted by atomic mass is 32.2. The van der Waals surface area contributed by atoms with Crippen molar-refractivity contribution in [3.8, 4) is 11.3 Å². The molecule has 1 aromatic heterocycles. The zero-order valence-electron chi connectivity index (χ0n) is 24.1. The number of amides is 1. The number of rotatable bonds is 8. The van der Waals surface area contributed by atoms with Crippen molar-refractivity contribution >= 4 is 21.9 Å². The van der Waals surface area contributed by atoms with Gasteiger partial charge in [-0.3, -0.25) is 9.59 Å². The number of aliphatic carboxylic acids is 1. The van der Waals surface area contributed by atoms with Crippen LogP contribution < -0.4 is 10.0 Å². The van der Waals surface area contributed by atoms with Crippen LogP contribution >= 0.6 is 0 Å². The first-order chi connectivity index (χ1) is 18.2. The van der Waals surface area contributed by atoms with E-state index in [9.17, 15) is 23.1 Å². The molecule has 0 aliphatic heterocycles. The molecule has 1 aromatic carbocycles. The number of nitrogens with one attached hydrogen (secondary N) is 2. The molecule has 4 rings (SSSR count). The van der Waals surface area contributed by atoms with Crippen LogP contribution in [-0.4, -0.2) is 41.5 Å². The summed E-state index contributed by atoms with van der Waals surface area (Å²) in [6.07, 6.45) is 6.91. The Balaban J connectivity index is 1.71. The molecule has 2 fully saturated rings. The number of benzene rings is 1. The van der Waals surface area contributed by atoms with E-state index in [-0.39, 0.29) is 16.8 Å². The van der Waals surface area contributed by atoms with Gasteiger partial charge in [-0.05, 0) is 96.4 Å². The van der Waals surface area contributed by atoms with Gasteiger partial charge in [0.15, 0.2) is 0 Å². The maximum absolute atomic E-state index is 13.3. The minimum Gasteiger partial charge on any atom is -0.481 e. The molecule has 3 N–H and O–H groups in total. The number of hydrogen-bond acceptors (Lipinski definition) is 4. The molecule has 0 spiro atoms. The van der Waals surface area contributed by atoms with Crippen LogP contribution in [0.4, 0.5) is 0 Å². The summed E-state index contributed by atoms with van der Waals surface area (Å²) in [4.78, 5) is 24.8. The van der Waals surface area contributed by atoms with Crippen molar-refractivity contribution in [1.29, 1.82) is 0 Å². The van der Waals surface area contributed by atoms with Crippen LogP contribution in [0.3, 0.4) is 0 Å². The normalized spacial score (nSPS) is 20.5. The van der Waals surface area contributed by atoms with E-state index in [1.807, 2.05) is 53.7 Å². The van der Waals surface area contributed by atoms with Crippen LogP contribution in [0.15, 0.2) is 23.1 Å². The van der Waals surface area contributed by atoms with Crippen LogP contribution in [0.2, 0.25) is 0 Å². The molecule has 2 aliphatic carbocycles. The highest BCUT2D eigenvalue weighted by Gasteiger charge is 2.36. The number of aromatic nitrogens is 1. The number of hydrogen-bond donors (Lipinski definition) is 3. The van der Waals surface area contributed by atoms with Crippen LogP contribution in [0.1, 0.15) is 92.9 Å². The summed E-state index contributed by atoms with van der Waals surface area (Å²) in [5.41, 5.74) is 4.24. The third-order valence-corrected chi connectivity index (χ3v) is 10.2. The van der Waals surface area contributed by atoms with Gasteiger partial charge >= 0.3 is 5.97 Å².